The summed E-state index contributed by atoms with van der Waals surface area (Å²) < 4.78 is 31.4. The highest BCUT2D eigenvalue weighted by Crippen LogP contribution is 2.34. The first-order valence-electron chi connectivity index (χ1n) is 9.43. The van der Waals surface area contributed by atoms with Crippen molar-refractivity contribution in [3.63, 3.8) is 0 Å². The van der Waals surface area contributed by atoms with Crippen LogP contribution in [0.2, 0.25) is 0 Å². The molecular weight excluding hydrogens is 416 g/mol. The molecule has 0 bridgehead atoms. The molecule has 0 aromatic heterocycles. The molecule has 0 aliphatic rings. The zero-order valence-corrected chi connectivity index (χ0v) is 19.1. The number of hydrogen-bond donors (Lipinski definition) is 0. The Bertz CT molecular complexity index is 1030. The van der Waals surface area contributed by atoms with Crippen LogP contribution in [0.4, 0.5) is 11.4 Å². The fourth-order valence-corrected chi connectivity index (χ4v) is 4.35. The number of hydrogen-bond acceptors (Lipinski definition) is 5. The molecule has 0 aliphatic heterocycles. The van der Waals surface area contributed by atoms with E-state index in [1.54, 1.807) is 30.0 Å². The maximum Gasteiger partial charge on any atom is 0.132 e. The molecule has 30 heavy (non-hydrogen) atoms. The average molecular weight is 442 g/mol. The maximum atomic E-state index is 12.0. The van der Waals surface area contributed by atoms with Crippen molar-refractivity contribution in [2.45, 2.75) is 18.4 Å². The Labute approximate surface area is 185 Å². The first-order chi connectivity index (χ1) is 14.4. The number of para-hydroxylation sites is 1. The van der Waals surface area contributed by atoms with Gasteiger partial charge >= 0.3 is 0 Å². The van der Waals surface area contributed by atoms with Crippen molar-refractivity contribution in [2.75, 3.05) is 24.7 Å². The van der Waals surface area contributed by atoms with Crippen LogP contribution < -0.4 is 9.04 Å². The van der Waals surface area contributed by atoms with Crippen LogP contribution in [0, 0.1) is 6.92 Å². The van der Waals surface area contributed by atoms with E-state index >= 15 is 0 Å². The number of ether oxygens (including phenoxy) is 1. The van der Waals surface area contributed by atoms with Crippen molar-refractivity contribution in [1.82, 2.24) is 4.90 Å². The number of nitrogens with zero attached hydrogens (tertiary/aromatic N) is 2. The second kappa shape index (κ2) is 10.1. The lowest BCUT2D eigenvalue weighted by atomic mass is 10.1. The highest BCUT2D eigenvalue weighted by molar-refractivity contribution is 7.98. The van der Waals surface area contributed by atoms with Gasteiger partial charge in [-0.25, -0.2) is 0 Å². The van der Waals surface area contributed by atoms with Gasteiger partial charge in [0.15, 0.2) is 0 Å². The van der Waals surface area contributed by atoms with Gasteiger partial charge in [-0.1, -0.05) is 18.2 Å². The normalized spacial score (nSPS) is 12.1. The van der Waals surface area contributed by atoms with E-state index in [0.29, 0.717) is 23.7 Å². The van der Waals surface area contributed by atoms with Crippen LogP contribution in [-0.4, -0.2) is 34.0 Å². The third kappa shape index (κ3) is 5.43. The van der Waals surface area contributed by atoms with E-state index in [4.69, 9.17) is 4.74 Å². The highest BCUT2D eigenvalue weighted by atomic mass is 32.2. The lowest BCUT2D eigenvalue weighted by molar-refractivity contribution is 0.388. The molecule has 0 aliphatic carbocycles. The minimum absolute atomic E-state index is 0.563. The Morgan fingerprint density at radius 1 is 1.00 bits per heavy atom. The number of benzene rings is 3. The van der Waals surface area contributed by atoms with Crippen LogP contribution in [0.15, 0.2) is 71.6 Å². The number of anilines is 2. The van der Waals surface area contributed by atoms with Gasteiger partial charge in [-0.3, -0.25) is 8.51 Å². The molecule has 0 fully saturated rings. The van der Waals surface area contributed by atoms with Crippen LogP contribution in [0.25, 0.3) is 0 Å². The molecule has 0 saturated heterocycles. The van der Waals surface area contributed by atoms with E-state index in [0.717, 1.165) is 16.9 Å². The third-order valence-corrected chi connectivity index (χ3v) is 6.12. The van der Waals surface area contributed by atoms with Crippen LogP contribution in [-0.2, 0) is 17.8 Å². The molecule has 0 saturated carbocycles. The molecule has 3 aromatic carbocycles. The summed E-state index contributed by atoms with van der Waals surface area (Å²) in [5.74, 6) is 1.46. The predicted octanol–water partition coefficient (Wildman–Crippen LogP) is 5.50. The monoisotopic (exact) mass is 441 g/mol. The summed E-state index contributed by atoms with van der Waals surface area (Å²) in [5, 5.41) is 0. The van der Waals surface area contributed by atoms with Crippen molar-refractivity contribution >= 4 is 34.4 Å². The fraction of sp³-hybridized carbons (Fsp3) is 0.217. The van der Waals surface area contributed by atoms with E-state index in [1.165, 1.54) is 9.20 Å². The SMILES string of the molecule is CSc1ccc(Oc2ccc(N(c3ccccc3)S(=O)[O-])cc2CN(C)C)cc1C. The van der Waals surface area contributed by atoms with Gasteiger partial charge in [-0.2, -0.15) is 0 Å². The summed E-state index contributed by atoms with van der Waals surface area (Å²) in [7, 11) is 3.93. The maximum absolute atomic E-state index is 12.0. The molecule has 7 heteroatoms. The first-order valence-corrected chi connectivity index (χ1v) is 11.7. The second-order valence-electron chi connectivity index (χ2n) is 7.11. The zero-order chi connectivity index (χ0) is 21.7. The van der Waals surface area contributed by atoms with E-state index < -0.39 is 11.3 Å². The zero-order valence-electron chi connectivity index (χ0n) is 17.5. The number of rotatable bonds is 8. The molecule has 3 rings (SSSR count). The van der Waals surface area contributed by atoms with Crippen molar-refractivity contribution in [3.8, 4) is 11.5 Å². The van der Waals surface area contributed by atoms with Crippen molar-refractivity contribution in [3.05, 3.63) is 77.9 Å². The summed E-state index contributed by atoms with van der Waals surface area (Å²) in [5.41, 5.74) is 3.20. The quantitative estimate of drug-likeness (QED) is 0.341. The van der Waals surface area contributed by atoms with Crippen LogP contribution >= 0.6 is 11.8 Å². The van der Waals surface area contributed by atoms with Crippen molar-refractivity contribution in [1.29, 1.82) is 0 Å². The van der Waals surface area contributed by atoms with Gasteiger partial charge in [0.25, 0.3) is 0 Å². The first kappa shape index (κ1) is 22.4. The summed E-state index contributed by atoms with van der Waals surface area (Å²) >= 11 is -0.750. The van der Waals surface area contributed by atoms with Crippen LogP contribution in [0.3, 0.4) is 0 Å². The Balaban J connectivity index is 1.99. The molecule has 0 spiro atoms. The molecule has 5 nitrogen and oxygen atoms in total. The van der Waals surface area contributed by atoms with Crippen LogP contribution in [0.1, 0.15) is 11.1 Å². The van der Waals surface area contributed by atoms with Crippen molar-refractivity contribution in [2.24, 2.45) is 0 Å². The molecule has 3 aromatic rings. The molecule has 0 heterocycles. The lowest BCUT2D eigenvalue weighted by Gasteiger charge is -2.27. The van der Waals surface area contributed by atoms with Gasteiger partial charge in [-0.15, -0.1) is 11.8 Å². The lowest BCUT2D eigenvalue weighted by Crippen LogP contribution is -2.20. The third-order valence-electron chi connectivity index (χ3n) is 4.50. The van der Waals surface area contributed by atoms with E-state index in [9.17, 15) is 8.76 Å². The average Bonchev–Trinajstić information content (AvgIpc) is 2.70. The van der Waals surface area contributed by atoms with Gasteiger partial charge in [0, 0.05) is 17.0 Å². The number of thioether (sulfide) groups is 1. The Hall–Kier alpha value is -2.32. The van der Waals surface area contributed by atoms with Gasteiger partial charge in [0.1, 0.15) is 11.5 Å². The van der Waals surface area contributed by atoms with E-state index in [1.807, 2.05) is 67.5 Å². The van der Waals surface area contributed by atoms with Crippen molar-refractivity contribution < 1.29 is 13.5 Å². The Morgan fingerprint density at radius 2 is 1.73 bits per heavy atom. The summed E-state index contributed by atoms with van der Waals surface area (Å²) in [4.78, 5) is 3.23. The standard InChI is InChI=1S/C23H26N2O3S2/c1-17-14-21(11-13-23(17)29-4)28-22-12-10-20(15-18(22)16-24(2)3)25(30(26)27)19-8-6-5-7-9-19/h5-15H,16H2,1-4H3,(H,26,27)/p-1. The molecule has 0 radical (unpaired) electrons. The molecule has 0 amide bonds. The topological polar surface area (TPSA) is 55.8 Å². The summed E-state index contributed by atoms with van der Waals surface area (Å²) in [6.45, 7) is 2.67. The predicted molar refractivity (Wildman–Crippen MR) is 124 cm³/mol. The second-order valence-corrected chi connectivity index (χ2v) is 8.76. The fourth-order valence-electron chi connectivity index (χ4n) is 3.18. The van der Waals surface area contributed by atoms with Gasteiger partial charge in [0.2, 0.25) is 0 Å². The van der Waals surface area contributed by atoms with E-state index in [2.05, 4.69) is 13.2 Å². The highest BCUT2D eigenvalue weighted by Gasteiger charge is 2.15. The Morgan fingerprint density at radius 3 is 2.33 bits per heavy atom. The minimum Gasteiger partial charge on any atom is -0.755 e. The Kier molecular flexibility index (Phi) is 7.55. The smallest absolute Gasteiger partial charge is 0.132 e. The van der Waals surface area contributed by atoms with Gasteiger partial charge in [0.05, 0.1) is 22.6 Å². The number of aryl methyl sites for hydroxylation is 1. The van der Waals surface area contributed by atoms with Crippen LogP contribution in [0.5, 0.6) is 11.5 Å². The van der Waals surface area contributed by atoms with E-state index in [-0.39, 0.29) is 0 Å². The summed E-state index contributed by atoms with van der Waals surface area (Å²) in [6.07, 6.45) is 2.05. The molecular formula is C23H25N2O3S2-. The largest absolute Gasteiger partial charge is 0.755 e. The van der Waals surface area contributed by atoms with Gasteiger partial charge < -0.3 is 14.2 Å². The summed E-state index contributed by atoms with van der Waals surface area (Å²) in [6, 6.07) is 20.5. The molecule has 158 valence electrons. The molecule has 1 unspecified atom stereocenters. The molecule has 0 N–H and O–H groups in total. The van der Waals surface area contributed by atoms with Gasteiger partial charge in [-0.05, 0) is 81.4 Å². The molecule has 1 atom stereocenters. The minimum atomic E-state index is -2.45.